The Balaban J connectivity index is 1.02. The number of rotatable bonds is 4. The third-order valence-electron chi connectivity index (χ3n) is 12.9. The molecule has 0 unspecified atom stereocenters. The Kier molecular flexibility index (Phi) is 7.31. The Bertz CT molecular complexity index is 3490. The smallest absolute Gasteiger partial charge is 0.161 e. The van der Waals surface area contributed by atoms with Crippen LogP contribution in [0.4, 0.5) is 0 Å². The number of benzene rings is 10. The molecule has 1 heterocycles. The maximum Gasteiger partial charge on any atom is 0.161 e. The number of fused-ring (bicyclic) bond motifs is 11. The summed E-state index contributed by atoms with van der Waals surface area (Å²) in [5, 5.41) is 12.4. The molecule has 59 heavy (non-hydrogen) atoms. The van der Waals surface area contributed by atoms with E-state index in [2.05, 4.69) is 208 Å². The number of hydrogen-bond acceptors (Lipinski definition) is 2. The Labute approximate surface area is 343 Å². The van der Waals surface area contributed by atoms with Crippen LogP contribution in [0, 0.1) is 0 Å². The van der Waals surface area contributed by atoms with Gasteiger partial charge in [-0.2, -0.15) is 0 Å². The first-order valence-corrected chi connectivity index (χ1v) is 20.5. The predicted molar refractivity (Wildman–Crippen MR) is 249 cm³/mol. The van der Waals surface area contributed by atoms with Crippen molar-refractivity contribution >= 4 is 53.9 Å². The summed E-state index contributed by atoms with van der Waals surface area (Å²) in [6, 6.07) is 70.7. The molecule has 0 amide bonds. The first-order chi connectivity index (χ1) is 29.0. The normalized spacial score (nSPS) is 13.1. The lowest BCUT2D eigenvalue weighted by atomic mass is 9.81. The Morgan fingerprint density at radius 1 is 0.305 bits per heavy atom. The zero-order valence-electron chi connectivity index (χ0n) is 32.9. The molecule has 0 radical (unpaired) electrons. The van der Waals surface area contributed by atoms with E-state index < -0.39 is 0 Å². The summed E-state index contributed by atoms with van der Waals surface area (Å²) < 4.78 is 0. The topological polar surface area (TPSA) is 25.8 Å². The van der Waals surface area contributed by atoms with E-state index in [1.807, 2.05) is 0 Å². The highest BCUT2D eigenvalue weighted by atomic mass is 14.9. The second-order valence-corrected chi connectivity index (χ2v) is 16.5. The van der Waals surface area contributed by atoms with E-state index in [0.29, 0.717) is 5.82 Å². The van der Waals surface area contributed by atoms with Gasteiger partial charge in [0.25, 0.3) is 0 Å². The van der Waals surface area contributed by atoms with Gasteiger partial charge in [-0.25, -0.2) is 9.97 Å². The maximum atomic E-state index is 5.40. The highest BCUT2D eigenvalue weighted by Gasteiger charge is 2.36. The summed E-state index contributed by atoms with van der Waals surface area (Å²) in [6.07, 6.45) is 0. The summed E-state index contributed by atoms with van der Waals surface area (Å²) in [6.45, 7) is 4.73. The van der Waals surface area contributed by atoms with E-state index in [9.17, 15) is 0 Å². The molecule has 10 aromatic carbocycles. The molecule has 0 bridgehead atoms. The van der Waals surface area contributed by atoms with Crippen molar-refractivity contribution in [2.45, 2.75) is 19.3 Å². The van der Waals surface area contributed by atoms with Crippen molar-refractivity contribution in [1.29, 1.82) is 0 Å². The molecule has 0 fully saturated rings. The van der Waals surface area contributed by atoms with Crippen LogP contribution < -0.4 is 0 Å². The average molecular weight is 751 g/mol. The quantitative estimate of drug-likeness (QED) is 0.167. The fraction of sp³-hybridized carbons (Fsp3) is 0.0526. The maximum absolute atomic E-state index is 5.40. The van der Waals surface area contributed by atoms with Crippen LogP contribution in [0.2, 0.25) is 0 Å². The van der Waals surface area contributed by atoms with Gasteiger partial charge in [-0.15, -0.1) is 0 Å². The fourth-order valence-corrected chi connectivity index (χ4v) is 9.87. The van der Waals surface area contributed by atoms with Crippen molar-refractivity contribution in [3.8, 4) is 56.2 Å². The summed E-state index contributed by atoms with van der Waals surface area (Å²) >= 11 is 0. The van der Waals surface area contributed by atoms with E-state index in [1.165, 1.54) is 81.9 Å². The molecule has 11 aromatic rings. The molecule has 0 spiro atoms. The molecule has 0 saturated carbocycles. The van der Waals surface area contributed by atoms with Gasteiger partial charge in [-0.3, -0.25) is 0 Å². The van der Waals surface area contributed by atoms with Crippen molar-refractivity contribution in [3.05, 3.63) is 205 Å². The largest absolute Gasteiger partial charge is 0.228 e. The van der Waals surface area contributed by atoms with Crippen molar-refractivity contribution in [2.24, 2.45) is 0 Å². The minimum atomic E-state index is -0.120. The monoisotopic (exact) mass is 750 g/mol. The number of hydrogen-bond donors (Lipinski definition) is 0. The zero-order chi connectivity index (χ0) is 39.2. The summed E-state index contributed by atoms with van der Waals surface area (Å²) in [4.78, 5) is 10.7. The van der Waals surface area contributed by atoms with Crippen LogP contribution in [0.25, 0.3) is 110 Å². The van der Waals surface area contributed by atoms with Crippen LogP contribution in [-0.4, -0.2) is 9.97 Å². The van der Waals surface area contributed by atoms with E-state index >= 15 is 0 Å². The molecular formula is C57H38N2. The predicted octanol–water partition coefficient (Wildman–Crippen LogP) is 15.2. The molecule has 276 valence electrons. The van der Waals surface area contributed by atoms with Crippen molar-refractivity contribution < 1.29 is 0 Å². The minimum Gasteiger partial charge on any atom is -0.228 e. The summed E-state index contributed by atoms with van der Waals surface area (Å²) in [5.74, 6) is 0.713. The highest BCUT2D eigenvalue weighted by Crippen LogP contribution is 2.51. The van der Waals surface area contributed by atoms with Gasteiger partial charge in [-0.05, 0) is 124 Å². The molecule has 1 aliphatic rings. The van der Waals surface area contributed by atoms with Gasteiger partial charge < -0.3 is 0 Å². The summed E-state index contributed by atoms with van der Waals surface area (Å²) in [5.41, 5.74) is 12.7. The number of aromatic nitrogens is 2. The molecule has 2 heteroatoms. The van der Waals surface area contributed by atoms with Gasteiger partial charge in [-0.1, -0.05) is 172 Å². The van der Waals surface area contributed by atoms with Crippen LogP contribution >= 0.6 is 0 Å². The lowest BCUT2D eigenvalue weighted by molar-refractivity contribution is 0.661. The fourth-order valence-electron chi connectivity index (χ4n) is 9.87. The lowest BCUT2D eigenvalue weighted by Crippen LogP contribution is -2.15. The molecular weight excluding hydrogens is 713 g/mol. The third kappa shape index (κ3) is 5.20. The summed E-state index contributed by atoms with van der Waals surface area (Å²) in [7, 11) is 0. The van der Waals surface area contributed by atoms with Crippen molar-refractivity contribution in [3.63, 3.8) is 0 Å². The van der Waals surface area contributed by atoms with E-state index in [4.69, 9.17) is 9.97 Å². The van der Waals surface area contributed by atoms with Gasteiger partial charge in [0.1, 0.15) is 0 Å². The van der Waals surface area contributed by atoms with Gasteiger partial charge in [0, 0.05) is 22.1 Å². The number of nitrogens with zero attached hydrogens (tertiary/aromatic N) is 2. The third-order valence-corrected chi connectivity index (χ3v) is 12.9. The standard InChI is InChI=1S/C57H38N2/c1-57(2)52-33-38(24-27-48(52)51-30-36-16-6-7-17-37(36)32-53(51)57)40-28-29-49(45-22-12-8-18-41(40)45)56-58-54(35-14-4-3-5-15-35)34-55(59-56)39-25-26-47-44-21-10-9-19-42(44)43-20-11-13-23-46(43)50(47)31-39/h3-34H,1-2H3. The van der Waals surface area contributed by atoms with E-state index in [0.717, 1.165) is 33.5 Å². The van der Waals surface area contributed by atoms with Crippen LogP contribution in [0.1, 0.15) is 25.0 Å². The second-order valence-electron chi connectivity index (χ2n) is 16.5. The molecule has 12 rings (SSSR count). The van der Waals surface area contributed by atoms with E-state index in [1.54, 1.807) is 0 Å². The van der Waals surface area contributed by atoms with Gasteiger partial charge in [0.15, 0.2) is 5.82 Å². The van der Waals surface area contributed by atoms with Gasteiger partial charge in [0.2, 0.25) is 0 Å². The van der Waals surface area contributed by atoms with Crippen LogP contribution in [0.15, 0.2) is 194 Å². The highest BCUT2D eigenvalue weighted by molar-refractivity contribution is 6.25. The van der Waals surface area contributed by atoms with Crippen LogP contribution in [-0.2, 0) is 5.41 Å². The Morgan fingerprint density at radius 3 is 1.49 bits per heavy atom. The molecule has 1 aliphatic carbocycles. The zero-order valence-corrected chi connectivity index (χ0v) is 32.9. The second kappa shape index (κ2) is 12.8. The van der Waals surface area contributed by atoms with E-state index in [-0.39, 0.29) is 5.41 Å². The van der Waals surface area contributed by atoms with Crippen LogP contribution in [0.5, 0.6) is 0 Å². The minimum absolute atomic E-state index is 0.120. The molecule has 0 atom stereocenters. The van der Waals surface area contributed by atoms with Crippen molar-refractivity contribution in [1.82, 2.24) is 9.97 Å². The molecule has 2 nitrogen and oxygen atoms in total. The molecule has 0 saturated heterocycles. The first-order valence-electron chi connectivity index (χ1n) is 20.5. The Morgan fingerprint density at radius 2 is 0.797 bits per heavy atom. The van der Waals surface area contributed by atoms with Gasteiger partial charge >= 0.3 is 0 Å². The van der Waals surface area contributed by atoms with Crippen LogP contribution in [0.3, 0.4) is 0 Å². The molecule has 0 aliphatic heterocycles. The average Bonchev–Trinajstić information content (AvgIpc) is 3.52. The molecule has 1 aromatic heterocycles. The SMILES string of the molecule is CC1(C)c2cc(-c3ccc(-c4nc(-c5ccccc5)cc(-c5ccc6c7ccccc7c7ccccc7c6c5)n4)c4ccccc34)ccc2-c2cc3ccccc3cc21. The molecule has 0 N–H and O–H groups in total. The first kappa shape index (κ1) is 33.7. The van der Waals surface area contributed by atoms with Gasteiger partial charge in [0.05, 0.1) is 11.4 Å². The Hall–Kier alpha value is -7.42. The lowest BCUT2D eigenvalue weighted by Gasteiger charge is -2.22. The van der Waals surface area contributed by atoms with Crippen molar-refractivity contribution in [2.75, 3.05) is 0 Å².